The van der Waals surface area contributed by atoms with Crippen molar-refractivity contribution in [2.75, 3.05) is 0 Å². The van der Waals surface area contributed by atoms with Gasteiger partial charge in [0.2, 0.25) is 5.28 Å². The molecule has 0 amide bonds. The molecule has 1 aromatic heterocycles. The molecule has 3 nitrogen and oxygen atoms in total. The van der Waals surface area contributed by atoms with Crippen LogP contribution in [0.5, 0.6) is 0 Å². The Balaban J connectivity index is 3.25. The van der Waals surface area contributed by atoms with E-state index in [4.69, 9.17) is 28.9 Å². The predicted molar refractivity (Wildman–Crippen MR) is 44.7 cm³/mol. The molecule has 0 bridgehead atoms. The summed E-state index contributed by atoms with van der Waals surface area (Å²) in [5.41, 5.74) is 6.87. The molecule has 1 aromatic rings. The maximum absolute atomic E-state index is 5.72. The van der Waals surface area contributed by atoms with Gasteiger partial charge in [0.25, 0.3) is 0 Å². The minimum Gasteiger partial charge on any atom is -0.326 e. The molecule has 0 saturated carbocycles. The van der Waals surface area contributed by atoms with Gasteiger partial charge in [0.15, 0.2) is 0 Å². The van der Waals surface area contributed by atoms with Gasteiger partial charge in [-0.05, 0) is 18.5 Å². The molecule has 0 saturated heterocycles. The van der Waals surface area contributed by atoms with Crippen molar-refractivity contribution in [2.45, 2.75) is 13.5 Å². The Morgan fingerprint density at radius 1 is 1.36 bits per heavy atom. The van der Waals surface area contributed by atoms with Gasteiger partial charge >= 0.3 is 0 Å². The molecule has 60 valence electrons. The fourth-order valence-corrected chi connectivity index (χ4v) is 1.31. The van der Waals surface area contributed by atoms with Crippen LogP contribution in [0.15, 0.2) is 0 Å². The molecule has 1 heterocycles. The summed E-state index contributed by atoms with van der Waals surface area (Å²) in [5.74, 6) is 0. The first kappa shape index (κ1) is 8.71. The Bertz CT molecular complexity index is 252. The highest BCUT2D eigenvalue weighted by molar-refractivity contribution is 6.32. The van der Waals surface area contributed by atoms with Gasteiger partial charge in [0.1, 0.15) is 5.15 Å². The van der Waals surface area contributed by atoms with Crippen molar-refractivity contribution < 1.29 is 0 Å². The molecule has 0 fully saturated rings. The smallest absolute Gasteiger partial charge is 0.224 e. The largest absolute Gasteiger partial charge is 0.326 e. The van der Waals surface area contributed by atoms with E-state index in [1.807, 2.05) is 0 Å². The number of rotatable bonds is 1. The van der Waals surface area contributed by atoms with Crippen molar-refractivity contribution in [3.63, 3.8) is 0 Å². The number of nitrogens with two attached hydrogens (primary N) is 1. The molecule has 0 aliphatic carbocycles. The molecule has 2 N–H and O–H groups in total. The standard InChI is InChI=1S/C6H7Cl2N3/c1-3-4(2-9)5(7)11-6(8)10-3/h2,9H2,1H3. The van der Waals surface area contributed by atoms with Crippen LogP contribution in [0.3, 0.4) is 0 Å². The summed E-state index contributed by atoms with van der Waals surface area (Å²) in [7, 11) is 0. The predicted octanol–water partition coefficient (Wildman–Crippen LogP) is 1.55. The lowest BCUT2D eigenvalue weighted by Gasteiger charge is -2.02. The number of hydrogen-bond donors (Lipinski definition) is 1. The van der Waals surface area contributed by atoms with E-state index in [9.17, 15) is 0 Å². The summed E-state index contributed by atoms with van der Waals surface area (Å²) in [5, 5.41) is 0.495. The van der Waals surface area contributed by atoms with E-state index in [-0.39, 0.29) is 5.28 Å². The van der Waals surface area contributed by atoms with E-state index < -0.39 is 0 Å². The second-order valence-electron chi connectivity index (χ2n) is 2.05. The molecular weight excluding hydrogens is 185 g/mol. The van der Waals surface area contributed by atoms with Gasteiger partial charge in [-0.15, -0.1) is 0 Å². The maximum Gasteiger partial charge on any atom is 0.224 e. The molecule has 0 atom stereocenters. The maximum atomic E-state index is 5.72. The van der Waals surface area contributed by atoms with Crippen LogP contribution in [0.2, 0.25) is 10.4 Å². The van der Waals surface area contributed by atoms with E-state index >= 15 is 0 Å². The summed E-state index contributed by atoms with van der Waals surface area (Å²) in [6.45, 7) is 2.13. The fraction of sp³-hybridized carbons (Fsp3) is 0.333. The summed E-state index contributed by atoms with van der Waals surface area (Å²) in [4.78, 5) is 7.64. The minimum atomic E-state index is 0.157. The van der Waals surface area contributed by atoms with Crippen molar-refractivity contribution >= 4 is 23.2 Å². The summed E-state index contributed by atoms with van der Waals surface area (Å²) in [6.07, 6.45) is 0. The van der Waals surface area contributed by atoms with Crippen LogP contribution in [0.4, 0.5) is 0 Å². The van der Waals surface area contributed by atoms with Gasteiger partial charge in [0, 0.05) is 17.8 Å². The zero-order valence-electron chi connectivity index (χ0n) is 5.93. The van der Waals surface area contributed by atoms with Gasteiger partial charge in [-0.1, -0.05) is 11.6 Å². The molecule has 11 heavy (non-hydrogen) atoms. The minimum absolute atomic E-state index is 0.157. The van der Waals surface area contributed by atoms with E-state index in [1.54, 1.807) is 6.92 Å². The highest BCUT2D eigenvalue weighted by atomic mass is 35.5. The average molecular weight is 192 g/mol. The monoisotopic (exact) mass is 191 g/mol. The molecule has 0 unspecified atom stereocenters. The third-order valence-corrected chi connectivity index (χ3v) is 1.82. The van der Waals surface area contributed by atoms with E-state index in [0.717, 1.165) is 11.3 Å². The van der Waals surface area contributed by atoms with Gasteiger partial charge in [0.05, 0.1) is 0 Å². The van der Waals surface area contributed by atoms with Crippen LogP contribution in [0, 0.1) is 6.92 Å². The fourth-order valence-electron chi connectivity index (χ4n) is 0.761. The highest BCUT2D eigenvalue weighted by Gasteiger charge is 2.05. The lowest BCUT2D eigenvalue weighted by molar-refractivity contribution is 0.969. The second kappa shape index (κ2) is 3.34. The Morgan fingerprint density at radius 3 is 2.45 bits per heavy atom. The molecule has 0 spiro atoms. The van der Waals surface area contributed by atoms with Crippen molar-refractivity contribution in [3.05, 3.63) is 21.7 Å². The second-order valence-corrected chi connectivity index (χ2v) is 2.75. The quantitative estimate of drug-likeness (QED) is 0.542. The number of hydrogen-bond acceptors (Lipinski definition) is 3. The molecule has 5 heteroatoms. The van der Waals surface area contributed by atoms with Crippen LogP contribution in [0.25, 0.3) is 0 Å². The topological polar surface area (TPSA) is 51.8 Å². The third kappa shape index (κ3) is 1.80. The Hall–Kier alpha value is -0.380. The third-order valence-electron chi connectivity index (χ3n) is 1.34. The molecule has 0 radical (unpaired) electrons. The molecule has 1 rings (SSSR count). The van der Waals surface area contributed by atoms with Gasteiger partial charge < -0.3 is 5.73 Å². The first-order valence-corrected chi connectivity index (χ1v) is 3.79. The molecular formula is C6H7Cl2N3. The molecule has 0 aromatic carbocycles. The van der Waals surface area contributed by atoms with Crippen LogP contribution < -0.4 is 5.73 Å². The van der Waals surface area contributed by atoms with Crippen molar-refractivity contribution in [1.29, 1.82) is 0 Å². The van der Waals surface area contributed by atoms with Gasteiger partial charge in [-0.3, -0.25) is 0 Å². The normalized spacial score (nSPS) is 10.2. The van der Waals surface area contributed by atoms with Crippen molar-refractivity contribution in [1.82, 2.24) is 9.97 Å². The number of aryl methyl sites for hydroxylation is 1. The van der Waals surface area contributed by atoms with Gasteiger partial charge in [-0.25, -0.2) is 9.97 Å². The highest BCUT2D eigenvalue weighted by Crippen LogP contribution is 2.17. The van der Waals surface area contributed by atoms with Crippen molar-refractivity contribution in [3.8, 4) is 0 Å². The number of aromatic nitrogens is 2. The van der Waals surface area contributed by atoms with Crippen LogP contribution in [-0.2, 0) is 6.54 Å². The van der Waals surface area contributed by atoms with Crippen molar-refractivity contribution in [2.24, 2.45) is 5.73 Å². The van der Waals surface area contributed by atoms with E-state index in [2.05, 4.69) is 9.97 Å². The lowest BCUT2D eigenvalue weighted by Crippen LogP contribution is -2.03. The van der Waals surface area contributed by atoms with Crippen LogP contribution in [-0.4, -0.2) is 9.97 Å². The van der Waals surface area contributed by atoms with E-state index in [0.29, 0.717) is 11.7 Å². The number of halogens is 2. The van der Waals surface area contributed by atoms with Crippen LogP contribution >= 0.6 is 23.2 Å². The number of nitrogens with zero attached hydrogens (tertiary/aromatic N) is 2. The Morgan fingerprint density at radius 2 is 2.00 bits per heavy atom. The Labute approximate surface area is 74.5 Å². The SMILES string of the molecule is Cc1nc(Cl)nc(Cl)c1CN. The summed E-state index contributed by atoms with van der Waals surface area (Å²) >= 11 is 11.3. The van der Waals surface area contributed by atoms with Gasteiger partial charge in [-0.2, -0.15) is 0 Å². The van der Waals surface area contributed by atoms with E-state index in [1.165, 1.54) is 0 Å². The first-order chi connectivity index (χ1) is 5.15. The summed E-state index contributed by atoms with van der Waals surface area (Å²) < 4.78 is 0. The first-order valence-electron chi connectivity index (χ1n) is 3.03. The van der Waals surface area contributed by atoms with Crippen LogP contribution in [0.1, 0.15) is 11.3 Å². The molecule has 0 aliphatic heterocycles. The average Bonchev–Trinajstić information content (AvgIpc) is 1.85. The summed E-state index contributed by atoms with van der Waals surface area (Å²) in [6, 6.07) is 0. The zero-order valence-corrected chi connectivity index (χ0v) is 7.45. The molecule has 0 aliphatic rings. The lowest BCUT2D eigenvalue weighted by atomic mass is 10.2. The zero-order chi connectivity index (χ0) is 8.43. The Kier molecular flexibility index (Phi) is 2.65.